The first-order chi connectivity index (χ1) is 6.22. The molecule has 0 fully saturated rings. The Morgan fingerprint density at radius 3 is 2.92 bits per heavy atom. The number of nitrogens with zero attached hydrogens (tertiary/aromatic N) is 2. The predicted molar refractivity (Wildman–Crippen MR) is 59.6 cm³/mol. The molecule has 0 saturated heterocycles. The van der Waals surface area contributed by atoms with E-state index in [1.165, 1.54) is 11.3 Å². The van der Waals surface area contributed by atoms with Crippen LogP contribution in [0.1, 0.15) is 6.92 Å². The highest BCUT2D eigenvalue weighted by Crippen LogP contribution is 2.19. The van der Waals surface area contributed by atoms with E-state index in [0.29, 0.717) is 18.1 Å². The number of halogens is 1. The Hall–Kier alpha value is -0.0100. The predicted octanol–water partition coefficient (Wildman–Crippen LogP) is 1.48. The van der Waals surface area contributed by atoms with Crippen LogP contribution in [0.5, 0.6) is 0 Å². The fourth-order valence-electron chi connectivity index (χ4n) is 0.693. The lowest BCUT2D eigenvalue weighted by molar-refractivity contribution is 0.684. The van der Waals surface area contributed by atoms with Crippen molar-refractivity contribution < 1.29 is 4.21 Å². The highest BCUT2D eigenvalue weighted by Gasteiger charge is 2.00. The van der Waals surface area contributed by atoms with Crippen LogP contribution in [0.3, 0.4) is 0 Å². The largest absolute Gasteiger partial charge is 0.359 e. The molecule has 1 rings (SSSR count). The van der Waals surface area contributed by atoms with Crippen LogP contribution < -0.4 is 5.32 Å². The summed E-state index contributed by atoms with van der Waals surface area (Å²) in [6.45, 7) is 2.60. The van der Waals surface area contributed by atoms with Crippen molar-refractivity contribution in [1.82, 2.24) is 10.2 Å². The Morgan fingerprint density at radius 1 is 1.62 bits per heavy atom. The van der Waals surface area contributed by atoms with Gasteiger partial charge in [0.05, 0.1) is 0 Å². The molecule has 0 aromatic carbocycles. The molecule has 0 amide bonds. The van der Waals surface area contributed by atoms with E-state index in [1.807, 2.05) is 6.92 Å². The molecule has 0 aliphatic carbocycles. The molecule has 0 saturated carbocycles. The molecule has 7 heteroatoms. The van der Waals surface area contributed by atoms with Gasteiger partial charge >= 0.3 is 0 Å². The summed E-state index contributed by atoms with van der Waals surface area (Å²) < 4.78 is 11.8. The second-order valence-corrected chi connectivity index (χ2v) is 6.34. The maximum atomic E-state index is 11.0. The topological polar surface area (TPSA) is 54.9 Å². The zero-order valence-corrected chi connectivity index (χ0v) is 10.3. The molecule has 4 nitrogen and oxygen atoms in total. The van der Waals surface area contributed by atoms with Gasteiger partial charge in [-0.3, -0.25) is 4.21 Å². The molecular formula is C6H10BrN3OS2. The summed E-state index contributed by atoms with van der Waals surface area (Å²) in [5, 5.41) is 11.4. The maximum Gasteiger partial charge on any atom is 0.206 e. The van der Waals surface area contributed by atoms with Crippen LogP contribution in [0.25, 0.3) is 0 Å². The molecule has 1 N–H and O–H groups in total. The molecule has 1 heterocycles. The van der Waals surface area contributed by atoms with Gasteiger partial charge in [-0.05, 0) is 15.9 Å². The third kappa shape index (κ3) is 4.15. The smallest absolute Gasteiger partial charge is 0.206 e. The van der Waals surface area contributed by atoms with E-state index in [0.717, 1.165) is 9.05 Å². The van der Waals surface area contributed by atoms with Gasteiger partial charge in [-0.15, -0.1) is 10.2 Å². The van der Waals surface area contributed by atoms with Gasteiger partial charge in [0.25, 0.3) is 0 Å². The fraction of sp³-hybridized carbons (Fsp3) is 0.667. The van der Waals surface area contributed by atoms with Gasteiger partial charge in [0.1, 0.15) is 0 Å². The van der Waals surface area contributed by atoms with E-state index in [9.17, 15) is 4.21 Å². The van der Waals surface area contributed by atoms with Crippen molar-refractivity contribution in [2.75, 3.05) is 23.4 Å². The normalized spacial score (nSPS) is 12.8. The first kappa shape index (κ1) is 11.1. The first-order valence-corrected chi connectivity index (χ1v) is 6.90. The molecular weight excluding hydrogens is 274 g/mol. The molecule has 0 aliphatic heterocycles. The highest BCUT2D eigenvalue weighted by atomic mass is 79.9. The second-order valence-electron chi connectivity index (χ2n) is 2.22. The SMILES string of the molecule is CCS(=O)CCNc1nnc(Br)s1. The quantitative estimate of drug-likeness (QED) is 0.890. The van der Waals surface area contributed by atoms with Crippen molar-refractivity contribution in [2.45, 2.75) is 6.92 Å². The monoisotopic (exact) mass is 283 g/mol. The Kier molecular flexibility index (Phi) is 4.82. The van der Waals surface area contributed by atoms with Crippen LogP contribution in [-0.2, 0) is 10.8 Å². The maximum absolute atomic E-state index is 11.0. The Morgan fingerprint density at radius 2 is 2.38 bits per heavy atom. The van der Waals surface area contributed by atoms with E-state index in [1.54, 1.807) is 0 Å². The van der Waals surface area contributed by atoms with Crippen LogP contribution in [0, 0.1) is 0 Å². The van der Waals surface area contributed by atoms with Gasteiger partial charge in [-0.1, -0.05) is 18.3 Å². The molecule has 0 aliphatic rings. The summed E-state index contributed by atoms with van der Waals surface area (Å²) in [5.74, 6) is 1.37. The number of nitrogens with one attached hydrogen (secondary N) is 1. The fourth-order valence-corrected chi connectivity index (χ4v) is 2.35. The van der Waals surface area contributed by atoms with Crippen molar-refractivity contribution in [2.24, 2.45) is 0 Å². The number of anilines is 1. The van der Waals surface area contributed by atoms with E-state index in [-0.39, 0.29) is 0 Å². The summed E-state index contributed by atoms with van der Waals surface area (Å²) in [4.78, 5) is 0. The van der Waals surface area contributed by atoms with Gasteiger partial charge in [0, 0.05) is 28.9 Å². The highest BCUT2D eigenvalue weighted by molar-refractivity contribution is 9.11. The minimum Gasteiger partial charge on any atom is -0.359 e. The third-order valence-corrected chi connectivity index (χ3v) is 3.95. The molecule has 1 atom stereocenters. The lowest BCUT2D eigenvalue weighted by atomic mass is 10.7. The van der Waals surface area contributed by atoms with E-state index < -0.39 is 10.8 Å². The van der Waals surface area contributed by atoms with Crippen molar-refractivity contribution in [3.8, 4) is 0 Å². The van der Waals surface area contributed by atoms with E-state index in [2.05, 4.69) is 31.4 Å². The van der Waals surface area contributed by atoms with Gasteiger partial charge < -0.3 is 5.32 Å². The number of rotatable bonds is 5. The van der Waals surface area contributed by atoms with E-state index in [4.69, 9.17) is 0 Å². The van der Waals surface area contributed by atoms with Crippen LogP contribution in [0.15, 0.2) is 3.92 Å². The lowest BCUT2D eigenvalue weighted by Gasteiger charge is -1.99. The third-order valence-electron chi connectivity index (χ3n) is 1.33. The molecule has 0 radical (unpaired) electrons. The molecule has 1 unspecified atom stereocenters. The Balaban J connectivity index is 2.24. The van der Waals surface area contributed by atoms with Crippen LogP contribution in [-0.4, -0.2) is 32.5 Å². The van der Waals surface area contributed by atoms with Crippen LogP contribution in [0.4, 0.5) is 5.13 Å². The standard InChI is InChI=1S/C6H10BrN3OS2/c1-2-13(11)4-3-8-6-10-9-5(7)12-6/h2-4H2,1H3,(H,8,10). The summed E-state index contributed by atoms with van der Waals surface area (Å²) in [6.07, 6.45) is 0. The van der Waals surface area contributed by atoms with Gasteiger partial charge in [0.15, 0.2) is 3.92 Å². The molecule has 13 heavy (non-hydrogen) atoms. The number of hydrogen-bond acceptors (Lipinski definition) is 5. The van der Waals surface area contributed by atoms with Gasteiger partial charge in [0.2, 0.25) is 5.13 Å². The minimum atomic E-state index is -0.712. The molecule has 0 spiro atoms. The second kappa shape index (κ2) is 5.66. The van der Waals surface area contributed by atoms with Crippen molar-refractivity contribution in [3.63, 3.8) is 0 Å². The van der Waals surface area contributed by atoms with Crippen LogP contribution >= 0.6 is 27.3 Å². The molecule has 1 aromatic rings. The summed E-state index contributed by atoms with van der Waals surface area (Å²) >= 11 is 4.64. The van der Waals surface area contributed by atoms with Crippen molar-refractivity contribution in [3.05, 3.63) is 3.92 Å². The minimum absolute atomic E-state index is 0.660. The average Bonchev–Trinajstić information content (AvgIpc) is 2.51. The zero-order valence-electron chi connectivity index (χ0n) is 7.12. The van der Waals surface area contributed by atoms with Crippen molar-refractivity contribution >= 4 is 43.2 Å². The lowest BCUT2D eigenvalue weighted by Crippen LogP contribution is -2.11. The van der Waals surface area contributed by atoms with Gasteiger partial charge in [-0.25, -0.2) is 0 Å². The summed E-state index contributed by atoms with van der Waals surface area (Å²) in [5.41, 5.74) is 0. The molecule has 74 valence electrons. The molecule has 0 bridgehead atoms. The zero-order chi connectivity index (χ0) is 9.68. The summed E-state index contributed by atoms with van der Waals surface area (Å²) in [6, 6.07) is 0. The number of hydrogen-bond donors (Lipinski definition) is 1. The van der Waals surface area contributed by atoms with Crippen LogP contribution in [0.2, 0.25) is 0 Å². The molecule has 1 aromatic heterocycles. The first-order valence-electron chi connectivity index (χ1n) is 3.80. The average molecular weight is 284 g/mol. The summed E-state index contributed by atoms with van der Waals surface area (Å²) in [7, 11) is -0.712. The Labute approximate surface area is 91.7 Å². The van der Waals surface area contributed by atoms with E-state index >= 15 is 0 Å². The van der Waals surface area contributed by atoms with Crippen molar-refractivity contribution in [1.29, 1.82) is 0 Å². The Bertz CT molecular complexity index is 291. The number of aromatic nitrogens is 2. The van der Waals surface area contributed by atoms with Gasteiger partial charge in [-0.2, -0.15) is 0 Å².